The molecular formula is C17H24BrNO4S. The number of hydrogen-bond acceptors (Lipinski definition) is 4. The second-order valence-corrected chi connectivity index (χ2v) is 10.0. The number of sulfonamides is 1. The van der Waals surface area contributed by atoms with Crippen LogP contribution in [0.2, 0.25) is 0 Å². The van der Waals surface area contributed by atoms with Crippen molar-refractivity contribution in [3.63, 3.8) is 0 Å². The van der Waals surface area contributed by atoms with Crippen LogP contribution in [-0.4, -0.2) is 43.6 Å². The van der Waals surface area contributed by atoms with E-state index in [0.717, 1.165) is 17.3 Å². The van der Waals surface area contributed by atoms with Crippen molar-refractivity contribution >= 4 is 31.9 Å². The van der Waals surface area contributed by atoms with Crippen LogP contribution >= 0.6 is 15.9 Å². The molecule has 24 heavy (non-hydrogen) atoms. The average molecular weight is 418 g/mol. The van der Waals surface area contributed by atoms with Crippen LogP contribution in [0.1, 0.15) is 43.7 Å². The molecule has 0 radical (unpaired) electrons. The van der Waals surface area contributed by atoms with Crippen molar-refractivity contribution in [3.8, 4) is 0 Å². The quantitative estimate of drug-likeness (QED) is 0.705. The molecule has 2 rings (SSSR count). The summed E-state index contributed by atoms with van der Waals surface area (Å²) < 4.78 is 31.1. The smallest absolute Gasteiger partial charge is 0.328 e. The number of hydrogen-bond donors (Lipinski definition) is 0. The van der Waals surface area contributed by atoms with Crippen molar-refractivity contribution in [1.82, 2.24) is 4.31 Å². The molecule has 0 amide bonds. The van der Waals surface area contributed by atoms with Gasteiger partial charge < -0.3 is 4.74 Å². The van der Waals surface area contributed by atoms with Crippen LogP contribution in [0.15, 0.2) is 22.7 Å². The van der Waals surface area contributed by atoms with E-state index in [4.69, 9.17) is 0 Å². The number of nitrogens with zero attached hydrogens (tertiary/aromatic N) is 1. The molecule has 0 unspecified atom stereocenters. The highest BCUT2D eigenvalue weighted by Crippen LogP contribution is 2.33. The standard InChI is InChI=1S/C17H24BrNO4S/c1-12-11-14(5-6-15(12)18)13-7-9-19(10-8-13)24(21,22)17(2,3)16(20)23-4/h5-6,11,13H,7-10H2,1-4H3. The first-order chi connectivity index (χ1) is 11.1. The summed E-state index contributed by atoms with van der Waals surface area (Å²) in [5, 5.41) is 0. The first-order valence-corrected chi connectivity index (χ1v) is 10.2. The Bertz CT molecular complexity index is 722. The van der Waals surface area contributed by atoms with Crippen LogP contribution in [0.4, 0.5) is 0 Å². The van der Waals surface area contributed by atoms with Crippen molar-refractivity contribution < 1.29 is 17.9 Å². The van der Waals surface area contributed by atoms with Crippen molar-refractivity contribution in [1.29, 1.82) is 0 Å². The SMILES string of the molecule is COC(=O)C(C)(C)S(=O)(=O)N1CCC(c2ccc(Br)c(C)c2)CC1. The summed E-state index contributed by atoms with van der Waals surface area (Å²) in [6.07, 6.45) is 1.50. The molecule has 5 nitrogen and oxygen atoms in total. The molecule has 0 saturated carbocycles. The highest BCUT2D eigenvalue weighted by molar-refractivity contribution is 9.10. The lowest BCUT2D eigenvalue weighted by atomic mass is 9.89. The Morgan fingerprint density at radius 3 is 2.38 bits per heavy atom. The Labute approximate surface area is 152 Å². The van der Waals surface area contributed by atoms with Crippen LogP contribution in [0.3, 0.4) is 0 Å². The van der Waals surface area contributed by atoms with E-state index < -0.39 is 20.7 Å². The third-order valence-corrected chi connectivity index (χ3v) is 8.16. The highest BCUT2D eigenvalue weighted by atomic mass is 79.9. The van der Waals surface area contributed by atoms with E-state index in [1.54, 1.807) is 0 Å². The van der Waals surface area contributed by atoms with E-state index in [9.17, 15) is 13.2 Å². The number of esters is 1. The fraction of sp³-hybridized carbons (Fsp3) is 0.588. The van der Waals surface area contributed by atoms with Gasteiger partial charge in [-0.1, -0.05) is 28.1 Å². The first-order valence-electron chi connectivity index (χ1n) is 7.95. The predicted molar refractivity (Wildman–Crippen MR) is 97.4 cm³/mol. The van der Waals surface area contributed by atoms with Crippen LogP contribution in [0.25, 0.3) is 0 Å². The normalized spacial score (nSPS) is 17.7. The maximum atomic E-state index is 12.8. The lowest BCUT2D eigenvalue weighted by Crippen LogP contribution is -2.52. The number of aryl methyl sites for hydroxylation is 1. The van der Waals surface area contributed by atoms with Gasteiger partial charge in [0.2, 0.25) is 10.0 Å². The number of carbonyl (C=O) groups is 1. The zero-order valence-corrected chi connectivity index (χ0v) is 16.9. The summed E-state index contributed by atoms with van der Waals surface area (Å²) in [5.74, 6) is -0.391. The maximum Gasteiger partial charge on any atom is 0.328 e. The zero-order valence-electron chi connectivity index (χ0n) is 14.5. The van der Waals surface area contributed by atoms with Crippen LogP contribution in [-0.2, 0) is 19.6 Å². The Balaban J connectivity index is 2.12. The Morgan fingerprint density at radius 1 is 1.29 bits per heavy atom. The van der Waals surface area contributed by atoms with Gasteiger partial charge in [0.05, 0.1) is 7.11 Å². The molecule has 1 aromatic carbocycles. The van der Waals surface area contributed by atoms with Crippen molar-refractivity contribution in [2.75, 3.05) is 20.2 Å². The predicted octanol–water partition coefficient (Wildman–Crippen LogP) is 3.22. The molecule has 0 N–H and O–H groups in total. The van der Waals surface area contributed by atoms with Gasteiger partial charge in [-0.25, -0.2) is 12.7 Å². The number of rotatable bonds is 4. The van der Waals surface area contributed by atoms with Gasteiger partial charge in [-0.15, -0.1) is 0 Å². The van der Waals surface area contributed by atoms with Gasteiger partial charge in [0.25, 0.3) is 0 Å². The molecule has 0 bridgehead atoms. The van der Waals surface area contributed by atoms with Gasteiger partial charge in [0.15, 0.2) is 4.75 Å². The fourth-order valence-corrected chi connectivity index (χ4v) is 4.90. The summed E-state index contributed by atoms with van der Waals surface area (Å²) in [4.78, 5) is 11.8. The van der Waals surface area contributed by atoms with Crippen LogP contribution in [0.5, 0.6) is 0 Å². The van der Waals surface area contributed by atoms with E-state index in [2.05, 4.69) is 32.8 Å². The molecule has 7 heteroatoms. The molecule has 0 aromatic heterocycles. The molecule has 1 saturated heterocycles. The highest BCUT2D eigenvalue weighted by Gasteiger charge is 2.47. The van der Waals surface area contributed by atoms with E-state index in [1.807, 2.05) is 13.0 Å². The number of methoxy groups -OCH3 is 1. The topological polar surface area (TPSA) is 63.7 Å². The zero-order chi connectivity index (χ0) is 18.1. The minimum atomic E-state index is -3.74. The fourth-order valence-electron chi connectivity index (χ4n) is 3.03. The van der Waals surface area contributed by atoms with E-state index >= 15 is 0 Å². The summed E-state index contributed by atoms with van der Waals surface area (Å²) >= 11 is 3.50. The maximum absolute atomic E-state index is 12.8. The Hall–Kier alpha value is -0.920. The van der Waals surface area contributed by atoms with Crippen LogP contribution < -0.4 is 0 Å². The Kier molecular flexibility index (Phi) is 5.77. The molecule has 0 aliphatic carbocycles. The summed E-state index contributed by atoms with van der Waals surface area (Å²) in [5.41, 5.74) is 2.41. The number of ether oxygens (including phenoxy) is 1. The largest absolute Gasteiger partial charge is 0.468 e. The second kappa shape index (κ2) is 7.14. The average Bonchev–Trinajstić information content (AvgIpc) is 2.56. The van der Waals surface area contributed by atoms with Gasteiger partial charge in [0, 0.05) is 17.6 Å². The molecule has 1 aliphatic heterocycles. The molecular weight excluding hydrogens is 394 g/mol. The van der Waals surface area contributed by atoms with Gasteiger partial charge in [-0.3, -0.25) is 4.79 Å². The van der Waals surface area contributed by atoms with Gasteiger partial charge >= 0.3 is 5.97 Å². The lowest BCUT2D eigenvalue weighted by molar-refractivity contribution is -0.142. The number of halogens is 1. The van der Waals surface area contributed by atoms with Crippen molar-refractivity contribution in [2.24, 2.45) is 0 Å². The molecule has 0 atom stereocenters. The minimum Gasteiger partial charge on any atom is -0.468 e. The molecule has 1 aromatic rings. The second-order valence-electron chi connectivity index (χ2n) is 6.69. The molecule has 0 spiro atoms. The molecule has 1 fully saturated rings. The van der Waals surface area contributed by atoms with E-state index in [1.165, 1.54) is 36.4 Å². The van der Waals surface area contributed by atoms with Crippen molar-refractivity contribution in [2.45, 2.75) is 44.3 Å². The minimum absolute atomic E-state index is 0.337. The van der Waals surface area contributed by atoms with E-state index in [0.29, 0.717) is 19.0 Å². The third kappa shape index (κ3) is 3.53. The molecule has 1 heterocycles. The van der Waals surface area contributed by atoms with Gasteiger partial charge in [-0.2, -0.15) is 0 Å². The van der Waals surface area contributed by atoms with Crippen molar-refractivity contribution in [3.05, 3.63) is 33.8 Å². The lowest BCUT2D eigenvalue weighted by Gasteiger charge is -2.35. The summed E-state index contributed by atoms with van der Waals surface area (Å²) in [7, 11) is -2.53. The van der Waals surface area contributed by atoms with Crippen LogP contribution in [0, 0.1) is 6.92 Å². The number of piperidine rings is 1. The third-order valence-electron chi connectivity index (χ3n) is 4.77. The van der Waals surface area contributed by atoms with Gasteiger partial charge in [-0.05, 0) is 56.7 Å². The number of benzene rings is 1. The van der Waals surface area contributed by atoms with Gasteiger partial charge in [0.1, 0.15) is 0 Å². The Morgan fingerprint density at radius 2 is 1.88 bits per heavy atom. The first kappa shape index (κ1) is 19.4. The van der Waals surface area contributed by atoms with E-state index in [-0.39, 0.29) is 0 Å². The summed E-state index contributed by atoms with van der Waals surface area (Å²) in [6.45, 7) is 5.69. The number of carbonyl (C=O) groups excluding carboxylic acids is 1. The molecule has 134 valence electrons. The summed E-state index contributed by atoms with van der Waals surface area (Å²) in [6, 6.07) is 6.27. The molecule has 1 aliphatic rings. The monoisotopic (exact) mass is 417 g/mol.